The highest BCUT2D eigenvalue weighted by Crippen LogP contribution is 2.12. The highest BCUT2D eigenvalue weighted by Gasteiger charge is 2.19. The Balaban J connectivity index is 1.94. The predicted octanol–water partition coefficient (Wildman–Crippen LogP) is 1.89. The van der Waals surface area contributed by atoms with Gasteiger partial charge in [-0.3, -0.25) is 4.90 Å². The van der Waals surface area contributed by atoms with Crippen LogP contribution < -0.4 is 5.32 Å². The average molecular weight is 272 g/mol. The van der Waals surface area contributed by atoms with Gasteiger partial charge in [0.05, 0.1) is 12.2 Å². The second kappa shape index (κ2) is 10.6. The molecular formula is C15H32N2O2. The van der Waals surface area contributed by atoms with Crippen LogP contribution in [0.15, 0.2) is 0 Å². The summed E-state index contributed by atoms with van der Waals surface area (Å²) in [4.78, 5) is 2.52. The zero-order chi connectivity index (χ0) is 13.9. The van der Waals surface area contributed by atoms with Gasteiger partial charge in [0.25, 0.3) is 0 Å². The molecule has 0 spiro atoms. The van der Waals surface area contributed by atoms with Crippen LogP contribution in [0.1, 0.15) is 40.0 Å². The minimum Gasteiger partial charge on any atom is -0.379 e. The third-order valence-electron chi connectivity index (χ3n) is 3.42. The van der Waals surface area contributed by atoms with E-state index in [2.05, 4.69) is 31.0 Å². The van der Waals surface area contributed by atoms with Gasteiger partial charge in [-0.05, 0) is 53.1 Å². The minimum atomic E-state index is 0.351. The third kappa shape index (κ3) is 8.58. The number of piperidine rings is 1. The second-order valence-electron chi connectivity index (χ2n) is 5.54. The van der Waals surface area contributed by atoms with E-state index in [1.165, 1.54) is 19.4 Å². The van der Waals surface area contributed by atoms with Gasteiger partial charge in [-0.2, -0.15) is 0 Å². The fourth-order valence-electron chi connectivity index (χ4n) is 2.47. The van der Waals surface area contributed by atoms with Gasteiger partial charge in [0, 0.05) is 32.8 Å². The van der Waals surface area contributed by atoms with Crippen LogP contribution in [-0.4, -0.2) is 63.0 Å². The highest BCUT2D eigenvalue weighted by molar-refractivity contribution is 4.73. The van der Waals surface area contributed by atoms with Crippen molar-refractivity contribution in [3.8, 4) is 0 Å². The van der Waals surface area contributed by atoms with Crippen LogP contribution in [-0.2, 0) is 9.47 Å². The molecule has 1 aliphatic heterocycles. The molecule has 19 heavy (non-hydrogen) atoms. The van der Waals surface area contributed by atoms with Crippen LogP contribution in [0.4, 0.5) is 0 Å². The molecule has 0 bridgehead atoms. The summed E-state index contributed by atoms with van der Waals surface area (Å²) in [7, 11) is 0. The van der Waals surface area contributed by atoms with Crippen molar-refractivity contribution < 1.29 is 9.47 Å². The molecule has 0 aliphatic carbocycles. The molecule has 0 aromatic heterocycles. The number of hydrogen-bond donors (Lipinski definition) is 1. The first-order valence-corrected chi connectivity index (χ1v) is 7.88. The minimum absolute atomic E-state index is 0.351. The van der Waals surface area contributed by atoms with Crippen LogP contribution in [0.3, 0.4) is 0 Å². The summed E-state index contributed by atoms with van der Waals surface area (Å²) >= 11 is 0. The van der Waals surface area contributed by atoms with Crippen molar-refractivity contribution in [3.63, 3.8) is 0 Å². The molecule has 0 saturated carbocycles. The Bertz CT molecular complexity index is 210. The van der Waals surface area contributed by atoms with E-state index in [1.54, 1.807) is 0 Å². The second-order valence-corrected chi connectivity index (χ2v) is 5.54. The molecule has 114 valence electrons. The summed E-state index contributed by atoms with van der Waals surface area (Å²) in [5, 5.41) is 3.49. The molecule has 0 amide bonds. The van der Waals surface area contributed by atoms with Crippen molar-refractivity contribution in [3.05, 3.63) is 0 Å². The Morgan fingerprint density at radius 1 is 1.32 bits per heavy atom. The summed E-state index contributed by atoms with van der Waals surface area (Å²) < 4.78 is 11.2. The van der Waals surface area contributed by atoms with E-state index in [0.717, 1.165) is 45.8 Å². The Hall–Kier alpha value is -0.160. The smallest absolute Gasteiger partial charge is 0.0702 e. The van der Waals surface area contributed by atoms with Gasteiger partial charge in [-0.15, -0.1) is 0 Å². The van der Waals surface area contributed by atoms with Crippen LogP contribution in [0.25, 0.3) is 0 Å². The number of rotatable bonds is 10. The van der Waals surface area contributed by atoms with Gasteiger partial charge in [0.1, 0.15) is 0 Å². The first kappa shape index (κ1) is 16.9. The Kier molecular flexibility index (Phi) is 9.43. The molecule has 1 atom stereocenters. The van der Waals surface area contributed by atoms with E-state index in [9.17, 15) is 0 Å². The number of nitrogens with zero attached hydrogens (tertiary/aromatic N) is 1. The zero-order valence-electron chi connectivity index (χ0n) is 13.0. The summed E-state index contributed by atoms with van der Waals surface area (Å²) in [6, 6.07) is 0. The lowest BCUT2D eigenvalue weighted by Crippen LogP contribution is -2.42. The topological polar surface area (TPSA) is 33.7 Å². The van der Waals surface area contributed by atoms with Gasteiger partial charge in [-0.25, -0.2) is 0 Å². The quantitative estimate of drug-likeness (QED) is 0.616. The van der Waals surface area contributed by atoms with Crippen molar-refractivity contribution >= 4 is 0 Å². The molecular weight excluding hydrogens is 240 g/mol. The molecule has 1 heterocycles. The fraction of sp³-hybridized carbons (Fsp3) is 1.00. The Morgan fingerprint density at radius 3 is 2.89 bits per heavy atom. The molecule has 4 nitrogen and oxygen atoms in total. The molecule has 1 aliphatic rings. The normalized spacial score (nSPS) is 21.2. The monoisotopic (exact) mass is 272 g/mol. The molecule has 0 aromatic carbocycles. The van der Waals surface area contributed by atoms with Crippen molar-refractivity contribution in [2.45, 2.75) is 52.2 Å². The van der Waals surface area contributed by atoms with E-state index in [0.29, 0.717) is 12.2 Å². The van der Waals surface area contributed by atoms with E-state index in [4.69, 9.17) is 9.47 Å². The van der Waals surface area contributed by atoms with E-state index < -0.39 is 0 Å². The maximum Gasteiger partial charge on any atom is 0.0702 e. The van der Waals surface area contributed by atoms with Crippen LogP contribution in [0, 0.1) is 0 Å². The number of ether oxygens (including phenoxy) is 2. The summed E-state index contributed by atoms with van der Waals surface area (Å²) in [5.74, 6) is 0. The third-order valence-corrected chi connectivity index (χ3v) is 3.42. The largest absolute Gasteiger partial charge is 0.379 e. The molecule has 1 unspecified atom stereocenters. The molecule has 1 rings (SSSR count). The molecule has 1 N–H and O–H groups in total. The Morgan fingerprint density at radius 2 is 2.16 bits per heavy atom. The molecule has 0 radical (unpaired) electrons. The first-order valence-electron chi connectivity index (χ1n) is 7.88. The summed E-state index contributed by atoms with van der Waals surface area (Å²) in [6.07, 6.45) is 4.40. The van der Waals surface area contributed by atoms with Gasteiger partial charge in [0.15, 0.2) is 0 Å². The van der Waals surface area contributed by atoms with Crippen molar-refractivity contribution in [1.82, 2.24) is 10.2 Å². The average Bonchev–Trinajstić information content (AvgIpc) is 2.38. The Labute approximate surface area is 118 Å². The zero-order valence-corrected chi connectivity index (χ0v) is 13.0. The maximum absolute atomic E-state index is 5.72. The van der Waals surface area contributed by atoms with Crippen molar-refractivity contribution in [2.24, 2.45) is 0 Å². The van der Waals surface area contributed by atoms with E-state index >= 15 is 0 Å². The lowest BCUT2D eigenvalue weighted by molar-refractivity contribution is 0.00633. The first-order chi connectivity index (χ1) is 9.22. The van der Waals surface area contributed by atoms with E-state index in [-0.39, 0.29) is 0 Å². The highest BCUT2D eigenvalue weighted by atomic mass is 16.5. The summed E-state index contributed by atoms with van der Waals surface area (Å²) in [5.41, 5.74) is 0. The van der Waals surface area contributed by atoms with Gasteiger partial charge in [0.2, 0.25) is 0 Å². The van der Waals surface area contributed by atoms with Gasteiger partial charge < -0.3 is 14.8 Å². The number of hydrogen-bond acceptors (Lipinski definition) is 4. The van der Waals surface area contributed by atoms with Crippen LogP contribution in [0.2, 0.25) is 0 Å². The predicted molar refractivity (Wildman–Crippen MR) is 79.7 cm³/mol. The van der Waals surface area contributed by atoms with Gasteiger partial charge in [-0.1, -0.05) is 0 Å². The molecule has 1 saturated heterocycles. The summed E-state index contributed by atoms with van der Waals surface area (Å²) in [6.45, 7) is 13.5. The molecule has 4 heteroatoms. The SMILES string of the molecule is CCOC1CCCN(CCNCCCOC(C)C)C1. The lowest BCUT2D eigenvalue weighted by Gasteiger charge is -2.32. The maximum atomic E-state index is 5.72. The van der Waals surface area contributed by atoms with Crippen molar-refractivity contribution in [1.29, 1.82) is 0 Å². The number of nitrogens with one attached hydrogen (secondary N) is 1. The standard InChI is InChI=1S/C15H32N2O2/c1-4-18-15-7-5-10-17(13-15)11-9-16-8-6-12-19-14(2)3/h14-16H,4-13H2,1-3H3. The van der Waals surface area contributed by atoms with Gasteiger partial charge >= 0.3 is 0 Å². The molecule has 1 fully saturated rings. The van der Waals surface area contributed by atoms with Crippen molar-refractivity contribution in [2.75, 3.05) is 45.9 Å². The molecule has 0 aromatic rings. The number of likely N-dealkylation sites (tertiary alicyclic amines) is 1. The van der Waals surface area contributed by atoms with Crippen LogP contribution in [0.5, 0.6) is 0 Å². The van der Waals surface area contributed by atoms with Crippen LogP contribution >= 0.6 is 0 Å². The lowest BCUT2D eigenvalue weighted by atomic mass is 10.1. The fourth-order valence-corrected chi connectivity index (χ4v) is 2.47. The van der Waals surface area contributed by atoms with E-state index in [1.807, 2.05) is 0 Å².